The Labute approximate surface area is 102 Å². The molecule has 0 aliphatic carbocycles. The number of rotatable bonds is 5. The van der Waals surface area contributed by atoms with Gasteiger partial charge >= 0.3 is 0 Å². The van der Waals surface area contributed by atoms with Crippen molar-refractivity contribution >= 4 is 15.9 Å². The second kappa shape index (κ2) is 6.66. The first-order valence-corrected chi connectivity index (χ1v) is 6.66. The summed E-state index contributed by atoms with van der Waals surface area (Å²) < 4.78 is 1.05. The fourth-order valence-corrected chi connectivity index (χ4v) is 2.25. The van der Waals surface area contributed by atoms with Gasteiger partial charge < -0.3 is 10.2 Å². The fraction of sp³-hybridized carbons (Fsp3) is 0.833. The maximum Gasteiger partial charge on any atom is 0.0268 e. The maximum atomic E-state index is 3.84. The summed E-state index contributed by atoms with van der Waals surface area (Å²) in [4.78, 5) is 2.58. The van der Waals surface area contributed by atoms with Gasteiger partial charge in [0.05, 0.1) is 0 Å². The van der Waals surface area contributed by atoms with E-state index < -0.39 is 0 Å². The molecule has 1 rings (SSSR count). The summed E-state index contributed by atoms with van der Waals surface area (Å²) >= 11 is 3.38. The minimum Gasteiger partial charge on any atom is -0.309 e. The van der Waals surface area contributed by atoms with Gasteiger partial charge in [-0.15, -0.1) is 0 Å². The Morgan fingerprint density at radius 1 is 1.47 bits per heavy atom. The molecule has 0 atom stereocenters. The summed E-state index contributed by atoms with van der Waals surface area (Å²) in [6.07, 6.45) is 2.54. The van der Waals surface area contributed by atoms with E-state index in [0.717, 1.165) is 16.9 Å². The highest BCUT2D eigenvalue weighted by Gasteiger charge is 2.18. The Morgan fingerprint density at radius 3 is 2.53 bits per heavy atom. The standard InChI is InChI=1S/C12H23BrN2/c1-10(2)9-15-6-4-12(5-7-15)14-8-11(3)13/h10,12,14H,3-9H2,1-2H3. The number of halogens is 1. The molecule has 1 heterocycles. The van der Waals surface area contributed by atoms with E-state index in [0.29, 0.717) is 6.04 Å². The average Bonchev–Trinajstić information content (AvgIpc) is 2.16. The van der Waals surface area contributed by atoms with Crippen LogP contribution in [0.1, 0.15) is 26.7 Å². The van der Waals surface area contributed by atoms with Crippen molar-refractivity contribution in [2.75, 3.05) is 26.2 Å². The predicted octanol–water partition coefficient (Wildman–Crippen LogP) is 2.61. The van der Waals surface area contributed by atoms with E-state index >= 15 is 0 Å². The Kier molecular flexibility index (Phi) is 5.87. The monoisotopic (exact) mass is 274 g/mol. The fourth-order valence-electron chi connectivity index (χ4n) is 2.09. The van der Waals surface area contributed by atoms with Crippen LogP contribution in [-0.4, -0.2) is 37.1 Å². The van der Waals surface area contributed by atoms with E-state index in [-0.39, 0.29) is 0 Å². The zero-order valence-corrected chi connectivity index (χ0v) is 11.5. The molecule has 1 saturated heterocycles. The van der Waals surface area contributed by atoms with Gasteiger partial charge in [-0.1, -0.05) is 36.4 Å². The highest BCUT2D eigenvalue weighted by molar-refractivity contribution is 9.11. The number of likely N-dealkylation sites (tertiary alicyclic amines) is 1. The molecule has 0 aromatic heterocycles. The molecule has 1 aliphatic rings. The molecule has 0 amide bonds. The summed E-state index contributed by atoms with van der Waals surface area (Å²) in [5.74, 6) is 0.789. The van der Waals surface area contributed by atoms with Gasteiger partial charge in [-0.2, -0.15) is 0 Å². The molecule has 1 N–H and O–H groups in total. The van der Waals surface area contributed by atoms with Crippen molar-refractivity contribution in [3.8, 4) is 0 Å². The van der Waals surface area contributed by atoms with Crippen LogP contribution in [-0.2, 0) is 0 Å². The molecule has 0 radical (unpaired) electrons. The molecule has 0 unspecified atom stereocenters. The van der Waals surface area contributed by atoms with Gasteiger partial charge in [0.25, 0.3) is 0 Å². The predicted molar refractivity (Wildman–Crippen MR) is 70.4 cm³/mol. The Morgan fingerprint density at radius 2 is 2.07 bits per heavy atom. The topological polar surface area (TPSA) is 15.3 Å². The van der Waals surface area contributed by atoms with Crippen molar-refractivity contribution in [3.63, 3.8) is 0 Å². The Hall–Kier alpha value is 0.140. The molecule has 3 heteroatoms. The third-order valence-electron chi connectivity index (χ3n) is 2.79. The zero-order chi connectivity index (χ0) is 11.3. The summed E-state index contributed by atoms with van der Waals surface area (Å²) in [6, 6.07) is 0.683. The molecule has 15 heavy (non-hydrogen) atoms. The molecule has 0 saturated carbocycles. The molecule has 2 nitrogen and oxygen atoms in total. The van der Waals surface area contributed by atoms with Crippen LogP contribution in [0.5, 0.6) is 0 Å². The first-order valence-electron chi connectivity index (χ1n) is 5.87. The van der Waals surface area contributed by atoms with Crippen molar-refractivity contribution in [2.24, 2.45) is 5.92 Å². The summed E-state index contributed by atoms with van der Waals surface area (Å²) in [5, 5.41) is 3.52. The highest BCUT2D eigenvalue weighted by Crippen LogP contribution is 2.12. The van der Waals surface area contributed by atoms with Crippen molar-refractivity contribution in [3.05, 3.63) is 11.1 Å². The van der Waals surface area contributed by atoms with Gasteiger partial charge in [0.1, 0.15) is 0 Å². The minimum absolute atomic E-state index is 0.683. The van der Waals surface area contributed by atoms with Crippen LogP contribution in [0.3, 0.4) is 0 Å². The normalized spacial score (nSPS) is 19.7. The maximum absolute atomic E-state index is 3.84. The van der Waals surface area contributed by atoms with Crippen molar-refractivity contribution in [1.82, 2.24) is 10.2 Å². The van der Waals surface area contributed by atoms with Crippen molar-refractivity contribution in [2.45, 2.75) is 32.7 Å². The SMILES string of the molecule is C=C(Br)CNC1CCN(CC(C)C)CC1. The molecule has 1 aliphatic heterocycles. The van der Waals surface area contributed by atoms with Gasteiger partial charge in [0.15, 0.2) is 0 Å². The largest absolute Gasteiger partial charge is 0.309 e. The van der Waals surface area contributed by atoms with E-state index in [1.165, 1.54) is 32.5 Å². The number of hydrogen-bond donors (Lipinski definition) is 1. The molecule has 0 aromatic rings. The lowest BCUT2D eigenvalue weighted by atomic mass is 10.0. The van der Waals surface area contributed by atoms with Crippen LogP contribution >= 0.6 is 15.9 Å². The molecule has 1 fully saturated rings. The van der Waals surface area contributed by atoms with Crippen LogP contribution in [0.4, 0.5) is 0 Å². The van der Waals surface area contributed by atoms with E-state index in [9.17, 15) is 0 Å². The van der Waals surface area contributed by atoms with Gasteiger partial charge in [0, 0.05) is 23.6 Å². The van der Waals surface area contributed by atoms with Crippen LogP contribution < -0.4 is 5.32 Å². The van der Waals surface area contributed by atoms with Gasteiger partial charge in [-0.25, -0.2) is 0 Å². The molecule has 0 aromatic carbocycles. The molecule has 0 spiro atoms. The van der Waals surface area contributed by atoms with E-state index in [2.05, 4.69) is 46.6 Å². The number of nitrogens with zero attached hydrogens (tertiary/aromatic N) is 1. The van der Waals surface area contributed by atoms with Crippen LogP contribution in [0.2, 0.25) is 0 Å². The third-order valence-corrected chi connectivity index (χ3v) is 3.07. The number of hydrogen-bond acceptors (Lipinski definition) is 2. The summed E-state index contributed by atoms with van der Waals surface area (Å²) in [5.41, 5.74) is 0. The zero-order valence-electron chi connectivity index (χ0n) is 9.93. The van der Waals surface area contributed by atoms with Crippen molar-refractivity contribution < 1.29 is 0 Å². The Balaban J connectivity index is 2.15. The van der Waals surface area contributed by atoms with Crippen LogP contribution in [0.15, 0.2) is 11.1 Å². The van der Waals surface area contributed by atoms with Gasteiger partial charge in [-0.05, 0) is 31.8 Å². The molecular formula is C12H23BrN2. The van der Waals surface area contributed by atoms with Gasteiger partial charge in [-0.3, -0.25) is 0 Å². The molecule has 0 bridgehead atoms. The summed E-state index contributed by atoms with van der Waals surface area (Å²) in [6.45, 7) is 13.0. The smallest absolute Gasteiger partial charge is 0.0268 e. The lowest BCUT2D eigenvalue weighted by molar-refractivity contribution is 0.182. The lowest BCUT2D eigenvalue weighted by Gasteiger charge is -2.33. The Bertz CT molecular complexity index is 196. The van der Waals surface area contributed by atoms with Crippen molar-refractivity contribution in [1.29, 1.82) is 0 Å². The summed E-state index contributed by atoms with van der Waals surface area (Å²) in [7, 11) is 0. The second-order valence-corrected chi connectivity index (χ2v) is 5.99. The van der Waals surface area contributed by atoms with E-state index in [1.54, 1.807) is 0 Å². The average molecular weight is 275 g/mol. The molecule has 88 valence electrons. The van der Waals surface area contributed by atoms with Crippen LogP contribution in [0.25, 0.3) is 0 Å². The number of piperidine rings is 1. The highest BCUT2D eigenvalue weighted by atomic mass is 79.9. The first-order chi connectivity index (χ1) is 7.08. The first kappa shape index (κ1) is 13.2. The van der Waals surface area contributed by atoms with Gasteiger partial charge in [0.2, 0.25) is 0 Å². The van der Waals surface area contributed by atoms with E-state index in [1.807, 2.05) is 0 Å². The number of nitrogens with one attached hydrogen (secondary N) is 1. The quantitative estimate of drug-likeness (QED) is 0.829. The minimum atomic E-state index is 0.683. The second-order valence-electron chi connectivity index (χ2n) is 4.87. The van der Waals surface area contributed by atoms with E-state index in [4.69, 9.17) is 0 Å². The molecular weight excluding hydrogens is 252 g/mol. The lowest BCUT2D eigenvalue weighted by Crippen LogP contribution is -2.43. The van der Waals surface area contributed by atoms with Crippen LogP contribution in [0, 0.1) is 5.92 Å². The third kappa shape index (κ3) is 5.69.